The van der Waals surface area contributed by atoms with Crippen LogP contribution in [0.1, 0.15) is 70.3 Å². The lowest BCUT2D eigenvalue weighted by atomic mass is 10.1. The van der Waals surface area contributed by atoms with Gasteiger partial charge in [0.15, 0.2) is 0 Å². The lowest BCUT2D eigenvalue weighted by Gasteiger charge is -2.10. The molecule has 0 saturated heterocycles. The second kappa shape index (κ2) is 11.3. The molecule has 0 heterocycles. The van der Waals surface area contributed by atoms with Crippen molar-refractivity contribution >= 4 is 22.4 Å². The van der Waals surface area contributed by atoms with Crippen molar-refractivity contribution < 1.29 is 4.21 Å². The minimum Gasteiger partial charge on any atom is -0.253 e. The van der Waals surface area contributed by atoms with Crippen LogP contribution in [0.15, 0.2) is 29.2 Å². The van der Waals surface area contributed by atoms with E-state index in [0.717, 1.165) is 17.7 Å². The van der Waals surface area contributed by atoms with Crippen LogP contribution in [0, 0.1) is 6.92 Å². The van der Waals surface area contributed by atoms with Crippen LogP contribution in [-0.4, -0.2) is 8.92 Å². The number of unbranched alkanes of at least 4 members (excludes halogenated alkanes) is 7. The maximum absolute atomic E-state index is 12.3. The van der Waals surface area contributed by atoms with E-state index in [1.54, 1.807) is 0 Å². The van der Waals surface area contributed by atoms with E-state index in [1.165, 1.54) is 50.5 Å². The van der Waals surface area contributed by atoms with Crippen molar-refractivity contribution in [1.82, 2.24) is 0 Å². The Morgan fingerprint density at radius 1 is 0.952 bits per heavy atom. The maximum Gasteiger partial charge on any atom is 0.113 e. The van der Waals surface area contributed by atoms with E-state index in [2.05, 4.69) is 6.92 Å². The molecule has 0 aliphatic rings. The SMILES string of the molecule is CCCCCCCCCCC(Cl)S(=O)c1ccc(C)cc1. The van der Waals surface area contributed by atoms with Gasteiger partial charge in [0.05, 0.1) is 10.8 Å². The molecule has 0 aliphatic heterocycles. The van der Waals surface area contributed by atoms with Gasteiger partial charge in [-0.1, -0.05) is 76.0 Å². The van der Waals surface area contributed by atoms with Gasteiger partial charge in [-0.15, -0.1) is 11.6 Å². The van der Waals surface area contributed by atoms with E-state index in [1.807, 2.05) is 31.2 Å². The van der Waals surface area contributed by atoms with Gasteiger partial charge in [-0.2, -0.15) is 0 Å². The minimum atomic E-state index is -1.08. The topological polar surface area (TPSA) is 17.1 Å². The second-order valence-corrected chi connectivity index (χ2v) is 8.20. The fraction of sp³-hybridized carbons (Fsp3) is 0.667. The molecule has 0 fully saturated rings. The highest BCUT2D eigenvalue weighted by Gasteiger charge is 2.14. The standard InChI is InChI=1S/C18H29ClOS/c1-3-4-5-6-7-8-9-10-11-18(19)21(20)17-14-12-16(2)13-15-17/h12-15,18H,3-11H2,1-2H3. The lowest BCUT2D eigenvalue weighted by Crippen LogP contribution is -2.08. The van der Waals surface area contributed by atoms with Crippen LogP contribution in [-0.2, 0) is 10.8 Å². The van der Waals surface area contributed by atoms with Crippen LogP contribution < -0.4 is 0 Å². The van der Waals surface area contributed by atoms with Gasteiger partial charge in [-0.3, -0.25) is 4.21 Å². The van der Waals surface area contributed by atoms with Crippen LogP contribution in [0.4, 0.5) is 0 Å². The molecule has 0 N–H and O–H groups in total. The summed E-state index contributed by atoms with van der Waals surface area (Å²) in [6.07, 6.45) is 11.1. The average molecular weight is 329 g/mol. The Balaban J connectivity index is 2.14. The molecule has 1 aromatic rings. The van der Waals surface area contributed by atoms with Gasteiger partial charge in [-0.25, -0.2) is 0 Å². The van der Waals surface area contributed by atoms with Crippen molar-refractivity contribution in [3.05, 3.63) is 29.8 Å². The highest BCUT2D eigenvalue weighted by molar-refractivity contribution is 7.87. The van der Waals surface area contributed by atoms with Gasteiger partial charge in [0, 0.05) is 4.90 Å². The number of alkyl halides is 1. The summed E-state index contributed by atoms with van der Waals surface area (Å²) in [5.74, 6) is 0. The molecule has 0 aliphatic carbocycles. The monoisotopic (exact) mass is 328 g/mol. The van der Waals surface area contributed by atoms with Crippen molar-refractivity contribution in [3.63, 3.8) is 0 Å². The number of rotatable bonds is 11. The summed E-state index contributed by atoms with van der Waals surface area (Å²) in [4.78, 5) is 0.847. The van der Waals surface area contributed by atoms with Crippen molar-refractivity contribution in [2.45, 2.75) is 81.2 Å². The molecular formula is C18H29ClOS. The van der Waals surface area contributed by atoms with E-state index in [0.29, 0.717) is 0 Å². The number of halogens is 1. The molecule has 1 nitrogen and oxygen atoms in total. The third-order valence-electron chi connectivity index (χ3n) is 3.77. The molecule has 2 unspecified atom stereocenters. The number of hydrogen-bond acceptors (Lipinski definition) is 1. The third kappa shape index (κ3) is 8.01. The Morgan fingerprint density at radius 3 is 2.05 bits per heavy atom. The van der Waals surface area contributed by atoms with E-state index in [9.17, 15) is 4.21 Å². The molecule has 120 valence electrons. The van der Waals surface area contributed by atoms with Crippen molar-refractivity contribution in [2.75, 3.05) is 0 Å². The Labute approximate surface area is 137 Å². The molecular weight excluding hydrogens is 300 g/mol. The Bertz CT molecular complexity index is 402. The van der Waals surface area contributed by atoms with E-state index in [-0.39, 0.29) is 4.71 Å². The number of aryl methyl sites for hydroxylation is 1. The molecule has 3 heteroatoms. The summed E-state index contributed by atoms with van der Waals surface area (Å²) in [7, 11) is -1.08. The molecule has 0 bridgehead atoms. The first-order chi connectivity index (χ1) is 10.1. The first kappa shape index (κ1) is 18.7. The molecule has 0 radical (unpaired) electrons. The van der Waals surface area contributed by atoms with Crippen LogP contribution in [0.25, 0.3) is 0 Å². The third-order valence-corrected chi connectivity index (χ3v) is 5.91. The highest BCUT2D eigenvalue weighted by atomic mass is 35.5. The minimum absolute atomic E-state index is 0.257. The quantitative estimate of drug-likeness (QED) is 0.349. The first-order valence-electron chi connectivity index (χ1n) is 8.26. The second-order valence-electron chi connectivity index (χ2n) is 5.78. The van der Waals surface area contributed by atoms with Crippen LogP contribution in [0.5, 0.6) is 0 Å². The zero-order valence-corrected chi connectivity index (χ0v) is 15.0. The summed E-state index contributed by atoms with van der Waals surface area (Å²) in [6, 6.07) is 7.84. The Hall–Kier alpha value is -0.340. The van der Waals surface area contributed by atoms with E-state index >= 15 is 0 Å². The summed E-state index contributed by atoms with van der Waals surface area (Å²) >= 11 is 6.29. The van der Waals surface area contributed by atoms with Gasteiger partial charge < -0.3 is 0 Å². The molecule has 0 aromatic heterocycles. The van der Waals surface area contributed by atoms with Crippen LogP contribution >= 0.6 is 11.6 Å². The van der Waals surface area contributed by atoms with Crippen molar-refractivity contribution in [3.8, 4) is 0 Å². The summed E-state index contributed by atoms with van der Waals surface area (Å²) in [5, 5.41) is 0. The molecule has 1 aromatic carbocycles. The van der Waals surface area contributed by atoms with Gasteiger partial charge >= 0.3 is 0 Å². The molecule has 0 amide bonds. The predicted molar refractivity (Wildman–Crippen MR) is 94.5 cm³/mol. The van der Waals surface area contributed by atoms with Gasteiger partial charge in [0.25, 0.3) is 0 Å². The predicted octanol–water partition coefficient (Wildman–Crippen LogP) is 6.20. The molecule has 0 spiro atoms. The van der Waals surface area contributed by atoms with Crippen molar-refractivity contribution in [1.29, 1.82) is 0 Å². The van der Waals surface area contributed by atoms with Crippen LogP contribution in [0.2, 0.25) is 0 Å². The molecule has 2 atom stereocenters. The maximum atomic E-state index is 12.3. The zero-order valence-electron chi connectivity index (χ0n) is 13.4. The fourth-order valence-electron chi connectivity index (χ4n) is 2.37. The summed E-state index contributed by atoms with van der Waals surface area (Å²) < 4.78 is 12.0. The van der Waals surface area contributed by atoms with E-state index in [4.69, 9.17) is 11.6 Å². The first-order valence-corrected chi connectivity index (χ1v) is 9.91. The largest absolute Gasteiger partial charge is 0.253 e. The van der Waals surface area contributed by atoms with Crippen LogP contribution in [0.3, 0.4) is 0 Å². The highest BCUT2D eigenvalue weighted by Crippen LogP contribution is 2.20. The van der Waals surface area contributed by atoms with Gasteiger partial charge in [0.1, 0.15) is 4.71 Å². The Kier molecular flexibility index (Phi) is 10.0. The average Bonchev–Trinajstić information content (AvgIpc) is 2.49. The summed E-state index contributed by atoms with van der Waals surface area (Å²) in [6.45, 7) is 4.28. The number of benzene rings is 1. The zero-order chi connectivity index (χ0) is 15.5. The number of hydrogen-bond donors (Lipinski definition) is 0. The molecule has 1 rings (SSSR count). The smallest absolute Gasteiger partial charge is 0.113 e. The van der Waals surface area contributed by atoms with E-state index < -0.39 is 10.8 Å². The molecule has 21 heavy (non-hydrogen) atoms. The Morgan fingerprint density at radius 2 is 1.48 bits per heavy atom. The lowest BCUT2D eigenvalue weighted by molar-refractivity contribution is 0.569. The molecule has 0 saturated carbocycles. The normalized spacial score (nSPS) is 14.0. The van der Waals surface area contributed by atoms with Gasteiger partial charge in [0.2, 0.25) is 0 Å². The fourth-order valence-corrected chi connectivity index (χ4v) is 3.91. The van der Waals surface area contributed by atoms with Gasteiger partial charge in [-0.05, 0) is 25.5 Å². The summed E-state index contributed by atoms with van der Waals surface area (Å²) in [5.41, 5.74) is 1.19. The van der Waals surface area contributed by atoms with Crippen molar-refractivity contribution in [2.24, 2.45) is 0 Å².